The second kappa shape index (κ2) is 14.4. The smallest absolute Gasteiger partial charge is 0.119 e. The van der Waals surface area contributed by atoms with E-state index >= 15 is 0 Å². The molecule has 0 fully saturated rings. The van der Waals surface area contributed by atoms with Crippen LogP contribution < -0.4 is 15.4 Å². The highest BCUT2D eigenvalue weighted by Gasteiger charge is 2.03. The average molecular weight is 442 g/mol. The molecular weight excluding hydrogens is 418 g/mol. The van der Waals surface area contributed by atoms with Crippen molar-refractivity contribution in [1.82, 2.24) is 10.6 Å². The molecule has 0 spiro atoms. The minimum absolute atomic E-state index is 0. The lowest BCUT2D eigenvalue weighted by atomic mass is 10.2. The standard InChI is InChI=1S/C18H22Cl2N2O2.2ClH/c19-16-4-3-15(18(20)11-16)13-24-17-5-1-14(2-6-17)12-22-8-7-21-9-10-23;;/h1-6,11,21-23H,7-10,12-13H2;2*1H. The molecule has 0 unspecified atom stereocenters. The summed E-state index contributed by atoms with van der Waals surface area (Å²) in [5.41, 5.74) is 2.09. The van der Waals surface area contributed by atoms with Crippen LogP contribution in [0.5, 0.6) is 5.75 Å². The topological polar surface area (TPSA) is 53.5 Å². The molecule has 2 aromatic carbocycles. The highest BCUT2D eigenvalue weighted by atomic mass is 35.5. The first kappa shape index (κ1) is 25.3. The van der Waals surface area contributed by atoms with E-state index in [4.69, 9.17) is 33.0 Å². The van der Waals surface area contributed by atoms with Gasteiger partial charge in [0.05, 0.1) is 6.61 Å². The zero-order valence-electron chi connectivity index (χ0n) is 14.2. The first-order chi connectivity index (χ1) is 11.7. The van der Waals surface area contributed by atoms with Gasteiger partial charge < -0.3 is 20.5 Å². The van der Waals surface area contributed by atoms with Crippen molar-refractivity contribution in [3.63, 3.8) is 0 Å². The van der Waals surface area contributed by atoms with Crippen molar-refractivity contribution in [3.05, 3.63) is 63.6 Å². The molecule has 0 saturated carbocycles. The van der Waals surface area contributed by atoms with Crippen LogP contribution in [-0.2, 0) is 13.2 Å². The first-order valence-corrected chi connectivity index (χ1v) is 8.62. The summed E-state index contributed by atoms with van der Waals surface area (Å²) in [6.45, 7) is 3.69. The van der Waals surface area contributed by atoms with Gasteiger partial charge in [0.2, 0.25) is 0 Å². The van der Waals surface area contributed by atoms with Crippen LogP contribution in [0.4, 0.5) is 0 Å². The average Bonchev–Trinajstić information content (AvgIpc) is 2.58. The van der Waals surface area contributed by atoms with E-state index in [1.807, 2.05) is 30.3 Å². The molecule has 2 aromatic rings. The number of benzene rings is 2. The molecule has 0 heterocycles. The third-order valence-corrected chi connectivity index (χ3v) is 4.02. The maximum absolute atomic E-state index is 8.66. The van der Waals surface area contributed by atoms with E-state index in [0.29, 0.717) is 23.2 Å². The Bertz CT molecular complexity index is 627. The van der Waals surface area contributed by atoms with Gasteiger partial charge in [0.15, 0.2) is 0 Å². The Morgan fingerprint density at radius 1 is 0.885 bits per heavy atom. The number of aliphatic hydroxyl groups is 1. The molecule has 8 heteroatoms. The maximum atomic E-state index is 8.66. The summed E-state index contributed by atoms with van der Waals surface area (Å²) in [6, 6.07) is 13.4. The lowest BCUT2D eigenvalue weighted by molar-refractivity contribution is 0.292. The van der Waals surface area contributed by atoms with Crippen molar-refractivity contribution in [2.75, 3.05) is 26.2 Å². The number of rotatable bonds is 10. The molecule has 3 N–H and O–H groups in total. The van der Waals surface area contributed by atoms with Crippen molar-refractivity contribution in [2.45, 2.75) is 13.2 Å². The third-order valence-electron chi connectivity index (χ3n) is 3.43. The van der Waals surface area contributed by atoms with E-state index in [2.05, 4.69) is 10.6 Å². The fourth-order valence-electron chi connectivity index (χ4n) is 2.12. The normalized spacial score (nSPS) is 9.96. The number of aliphatic hydroxyl groups excluding tert-OH is 1. The van der Waals surface area contributed by atoms with E-state index in [0.717, 1.165) is 30.9 Å². The summed E-state index contributed by atoms with van der Waals surface area (Å²) in [6.07, 6.45) is 0. The Labute approximate surface area is 177 Å². The molecule has 0 saturated heterocycles. The SMILES string of the molecule is Cl.Cl.OCCNCCNCc1ccc(OCc2ccc(Cl)cc2Cl)cc1. The molecule has 0 atom stereocenters. The van der Waals surface area contributed by atoms with Crippen LogP contribution in [-0.4, -0.2) is 31.3 Å². The number of nitrogens with one attached hydrogen (secondary N) is 2. The molecule has 26 heavy (non-hydrogen) atoms. The van der Waals surface area contributed by atoms with Crippen LogP contribution in [0.25, 0.3) is 0 Å². The van der Waals surface area contributed by atoms with Gasteiger partial charge in [-0.2, -0.15) is 0 Å². The molecule has 0 radical (unpaired) electrons. The zero-order valence-corrected chi connectivity index (χ0v) is 17.4. The van der Waals surface area contributed by atoms with Gasteiger partial charge in [0.25, 0.3) is 0 Å². The molecule has 0 aliphatic rings. The van der Waals surface area contributed by atoms with E-state index in [1.54, 1.807) is 12.1 Å². The summed E-state index contributed by atoms with van der Waals surface area (Å²) in [4.78, 5) is 0. The summed E-state index contributed by atoms with van der Waals surface area (Å²) >= 11 is 12.0. The second-order valence-electron chi connectivity index (χ2n) is 5.32. The number of hydrogen-bond acceptors (Lipinski definition) is 4. The molecule has 0 aliphatic heterocycles. The van der Waals surface area contributed by atoms with E-state index in [9.17, 15) is 0 Å². The second-order valence-corrected chi connectivity index (χ2v) is 6.16. The lowest BCUT2D eigenvalue weighted by Crippen LogP contribution is -2.28. The van der Waals surface area contributed by atoms with E-state index in [-0.39, 0.29) is 31.4 Å². The van der Waals surface area contributed by atoms with Crippen LogP contribution in [0, 0.1) is 0 Å². The van der Waals surface area contributed by atoms with Crippen LogP contribution in [0.15, 0.2) is 42.5 Å². The Morgan fingerprint density at radius 2 is 1.58 bits per heavy atom. The summed E-state index contributed by atoms with van der Waals surface area (Å²) in [5, 5.41) is 16.3. The molecule has 0 amide bonds. The fraction of sp³-hybridized carbons (Fsp3) is 0.333. The first-order valence-electron chi connectivity index (χ1n) is 7.87. The van der Waals surface area contributed by atoms with Crippen LogP contribution in [0.2, 0.25) is 10.0 Å². The number of hydrogen-bond donors (Lipinski definition) is 3. The quantitative estimate of drug-likeness (QED) is 0.486. The van der Waals surface area contributed by atoms with Gasteiger partial charge in [0, 0.05) is 41.8 Å². The molecule has 4 nitrogen and oxygen atoms in total. The zero-order chi connectivity index (χ0) is 17.2. The van der Waals surface area contributed by atoms with Gasteiger partial charge in [-0.25, -0.2) is 0 Å². The van der Waals surface area contributed by atoms with Crippen molar-refractivity contribution in [1.29, 1.82) is 0 Å². The van der Waals surface area contributed by atoms with Crippen LogP contribution in [0.3, 0.4) is 0 Å². The monoisotopic (exact) mass is 440 g/mol. The van der Waals surface area contributed by atoms with Crippen molar-refractivity contribution in [3.8, 4) is 5.75 Å². The van der Waals surface area contributed by atoms with Crippen LogP contribution in [0.1, 0.15) is 11.1 Å². The largest absolute Gasteiger partial charge is 0.489 e. The maximum Gasteiger partial charge on any atom is 0.119 e. The van der Waals surface area contributed by atoms with Crippen molar-refractivity contribution in [2.24, 2.45) is 0 Å². The number of ether oxygens (including phenoxy) is 1. The molecule has 0 bridgehead atoms. The van der Waals surface area contributed by atoms with Gasteiger partial charge in [0.1, 0.15) is 12.4 Å². The predicted octanol–water partition coefficient (Wildman–Crippen LogP) is 4.09. The molecule has 146 valence electrons. The minimum Gasteiger partial charge on any atom is -0.489 e. The summed E-state index contributed by atoms with van der Waals surface area (Å²) in [5.74, 6) is 0.800. The van der Waals surface area contributed by atoms with Gasteiger partial charge in [-0.15, -0.1) is 24.8 Å². The van der Waals surface area contributed by atoms with Gasteiger partial charge in [-0.1, -0.05) is 41.4 Å². The molecule has 2 rings (SSSR count). The summed E-state index contributed by atoms with van der Waals surface area (Å²) < 4.78 is 5.76. The van der Waals surface area contributed by atoms with Gasteiger partial charge >= 0.3 is 0 Å². The fourth-order valence-corrected chi connectivity index (χ4v) is 2.58. The van der Waals surface area contributed by atoms with Crippen molar-refractivity contribution < 1.29 is 9.84 Å². The Hall–Kier alpha value is -0.720. The van der Waals surface area contributed by atoms with Crippen LogP contribution >= 0.6 is 48.0 Å². The molecular formula is C18H24Cl4N2O2. The Balaban J connectivity index is 0.00000312. The van der Waals surface area contributed by atoms with E-state index < -0.39 is 0 Å². The van der Waals surface area contributed by atoms with Crippen molar-refractivity contribution >= 4 is 48.0 Å². The predicted molar refractivity (Wildman–Crippen MR) is 113 cm³/mol. The highest BCUT2D eigenvalue weighted by molar-refractivity contribution is 6.35. The minimum atomic E-state index is 0. The lowest BCUT2D eigenvalue weighted by Gasteiger charge is -2.09. The van der Waals surface area contributed by atoms with E-state index in [1.165, 1.54) is 5.56 Å². The van der Waals surface area contributed by atoms with Gasteiger partial charge in [-0.05, 0) is 29.8 Å². The Kier molecular flexibility index (Phi) is 14.0. The Morgan fingerprint density at radius 3 is 2.23 bits per heavy atom. The summed E-state index contributed by atoms with van der Waals surface area (Å²) in [7, 11) is 0. The van der Waals surface area contributed by atoms with Gasteiger partial charge in [-0.3, -0.25) is 0 Å². The molecule has 0 aromatic heterocycles. The number of halogens is 4. The molecule has 0 aliphatic carbocycles. The highest BCUT2D eigenvalue weighted by Crippen LogP contribution is 2.22. The third kappa shape index (κ3) is 9.28.